The third-order valence-corrected chi connectivity index (χ3v) is 24.3. The minimum atomic E-state index is -0.570. The average Bonchev–Trinajstić information content (AvgIpc) is 3.49. The van der Waals surface area contributed by atoms with Gasteiger partial charge < -0.3 is 9.80 Å². The molecule has 4 atom stereocenters. The summed E-state index contributed by atoms with van der Waals surface area (Å²) < 4.78 is -0.0500. The summed E-state index contributed by atoms with van der Waals surface area (Å²) >= 11 is 4.18. The molecule has 0 N–H and O–H groups in total. The van der Waals surface area contributed by atoms with Gasteiger partial charge in [-0.3, -0.25) is 0 Å². The number of benzene rings is 11. The largest absolute Gasteiger partial charge is 0.334 e. The minimum absolute atomic E-state index is 0.0250. The number of rotatable bonds is 6. The number of anilines is 4. The van der Waals surface area contributed by atoms with Crippen LogP contribution in [0.25, 0.3) is 76.8 Å². The van der Waals surface area contributed by atoms with Crippen LogP contribution in [-0.2, 0) is 14.9 Å². The van der Waals surface area contributed by atoms with Crippen molar-refractivity contribution in [2.75, 3.05) is 22.3 Å². The van der Waals surface area contributed by atoms with Crippen molar-refractivity contribution in [3.8, 4) is 44.5 Å². The molecule has 4 aliphatic carbocycles. The molecule has 4 unspecified atom stereocenters. The zero-order valence-corrected chi connectivity index (χ0v) is 47.1. The molecule has 4 heteroatoms. The second kappa shape index (κ2) is 16.4. The lowest BCUT2D eigenvalue weighted by Gasteiger charge is -2.51. The predicted octanol–water partition coefficient (Wildman–Crippen LogP) is 20.3. The standard InChI is InChI=1S/C75H62N2S2/c1-71-38-13-15-40-73(71,78-3)63-44-51(31-36-66(63)76(71)54-20-7-5-8-21-54)49-29-33-56-57-34-30-50(52-32-37-67-64(45-52)74(79-4)41-16-14-39-72(74,2)77(67)55-22-9-6-10-23-55)43-62(57)75(61(56)42-49)60-25-12-11-24-58(60)70-59-35-28-48-19-17-18-47-26-27-53(46-65(70)75)69(59)68(47)48/h5-12,17-37,42-46H,13-16,38-41H2,1-4H3. The van der Waals surface area contributed by atoms with Gasteiger partial charge in [-0.15, -0.1) is 0 Å². The molecule has 2 fully saturated rings. The molecule has 11 aromatic carbocycles. The van der Waals surface area contributed by atoms with Crippen LogP contribution >= 0.6 is 23.5 Å². The first-order chi connectivity index (χ1) is 38.8. The molecule has 2 nitrogen and oxygen atoms in total. The van der Waals surface area contributed by atoms with Gasteiger partial charge in [-0.25, -0.2) is 0 Å². The van der Waals surface area contributed by atoms with E-state index in [9.17, 15) is 0 Å². The Morgan fingerprint density at radius 1 is 0.354 bits per heavy atom. The van der Waals surface area contributed by atoms with Crippen molar-refractivity contribution in [1.82, 2.24) is 0 Å². The van der Waals surface area contributed by atoms with E-state index in [1.807, 2.05) is 0 Å². The summed E-state index contributed by atoms with van der Waals surface area (Å²) in [6.07, 6.45) is 14.5. The number of hydrogen-bond acceptors (Lipinski definition) is 4. The van der Waals surface area contributed by atoms with Crippen LogP contribution in [0.4, 0.5) is 22.7 Å². The van der Waals surface area contributed by atoms with E-state index >= 15 is 0 Å². The number of hydrogen-bond donors (Lipinski definition) is 0. The molecule has 2 aliphatic heterocycles. The highest BCUT2D eigenvalue weighted by atomic mass is 32.2. The highest BCUT2D eigenvalue weighted by Gasteiger charge is 2.62. The summed E-state index contributed by atoms with van der Waals surface area (Å²) in [7, 11) is 0. The molecule has 0 bridgehead atoms. The van der Waals surface area contributed by atoms with E-state index in [1.165, 1.54) is 184 Å². The molecule has 384 valence electrons. The van der Waals surface area contributed by atoms with Crippen LogP contribution in [0, 0.1) is 0 Å². The lowest BCUT2D eigenvalue weighted by Crippen LogP contribution is -2.54. The van der Waals surface area contributed by atoms with Crippen molar-refractivity contribution in [3.63, 3.8) is 0 Å². The van der Waals surface area contributed by atoms with Crippen LogP contribution < -0.4 is 9.80 Å². The van der Waals surface area contributed by atoms with Crippen molar-refractivity contribution < 1.29 is 0 Å². The van der Waals surface area contributed by atoms with Crippen molar-refractivity contribution in [2.24, 2.45) is 0 Å². The average molecular weight is 1060 g/mol. The minimum Gasteiger partial charge on any atom is -0.334 e. The van der Waals surface area contributed by atoms with Crippen LogP contribution in [0.2, 0.25) is 0 Å². The molecule has 0 aromatic heterocycles. The fourth-order valence-corrected chi connectivity index (χ4v) is 20.5. The maximum atomic E-state index is 2.71. The molecule has 17 rings (SSSR count). The Hall–Kier alpha value is -7.24. The summed E-state index contributed by atoms with van der Waals surface area (Å²) in [5, 5.41) is 8.02. The number of nitrogens with zero attached hydrogens (tertiary/aromatic N) is 2. The smallest absolute Gasteiger partial charge is 0.0726 e. The van der Waals surface area contributed by atoms with E-state index < -0.39 is 5.41 Å². The molecule has 0 amide bonds. The van der Waals surface area contributed by atoms with Crippen LogP contribution in [0.5, 0.6) is 0 Å². The van der Waals surface area contributed by atoms with E-state index in [0.717, 1.165) is 0 Å². The summed E-state index contributed by atoms with van der Waals surface area (Å²) in [5.41, 5.74) is 23.8. The Kier molecular flexibility index (Phi) is 9.70. The normalized spacial score (nSPS) is 24.9. The van der Waals surface area contributed by atoms with Crippen LogP contribution in [0.1, 0.15) is 98.6 Å². The quantitative estimate of drug-likeness (QED) is 0.153. The van der Waals surface area contributed by atoms with Gasteiger partial charge in [-0.2, -0.15) is 23.5 Å². The summed E-state index contributed by atoms with van der Waals surface area (Å²) in [4.78, 5) is 5.43. The Balaban J connectivity index is 0.905. The van der Waals surface area contributed by atoms with Gasteiger partial charge >= 0.3 is 0 Å². The third kappa shape index (κ3) is 5.72. The fourth-order valence-electron chi connectivity index (χ4n) is 17.8. The molecular formula is C75H62N2S2. The summed E-state index contributed by atoms with van der Waals surface area (Å²) in [6, 6.07) is 81.0. The lowest BCUT2D eigenvalue weighted by molar-refractivity contribution is 0.262. The molecule has 11 aromatic rings. The van der Waals surface area contributed by atoms with Gasteiger partial charge in [0.2, 0.25) is 0 Å². The van der Waals surface area contributed by atoms with E-state index in [0.29, 0.717) is 0 Å². The topological polar surface area (TPSA) is 6.48 Å². The van der Waals surface area contributed by atoms with E-state index in [1.54, 1.807) is 0 Å². The number of thioether (sulfide) groups is 2. The van der Waals surface area contributed by atoms with E-state index in [-0.39, 0.29) is 20.6 Å². The fraction of sp³-hybridized carbons (Fsp3) is 0.227. The number of fused-ring (bicyclic) bond motifs is 17. The van der Waals surface area contributed by atoms with Crippen molar-refractivity contribution >= 4 is 78.6 Å². The summed E-state index contributed by atoms with van der Waals surface area (Å²) in [5.74, 6) is 0. The van der Waals surface area contributed by atoms with Gasteiger partial charge in [0, 0.05) is 22.7 Å². The molecule has 2 saturated carbocycles. The van der Waals surface area contributed by atoms with Crippen LogP contribution in [-0.4, -0.2) is 23.6 Å². The number of para-hydroxylation sites is 2. The lowest BCUT2D eigenvalue weighted by atomic mass is 9.69. The van der Waals surface area contributed by atoms with Crippen molar-refractivity contribution in [1.29, 1.82) is 0 Å². The van der Waals surface area contributed by atoms with Gasteiger partial charge in [-0.05, 0) is 229 Å². The molecule has 0 radical (unpaired) electrons. The first-order valence-corrected chi connectivity index (χ1v) is 31.4. The highest BCUT2D eigenvalue weighted by molar-refractivity contribution is 7.99. The second-order valence-electron chi connectivity index (χ2n) is 24.3. The molecule has 1 spiro atoms. The van der Waals surface area contributed by atoms with E-state index in [4.69, 9.17) is 0 Å². The van der Waals surface area contributed by atoms with Crippen LogP contribution in [0.15, 0.2) is 206 Å². The first kappa shape index (κ1) is 46.7. The molecule has 79 heavy (non-hydrogen) atoms. The molecule has 2 heterocycles. The van der Waals surface area contributed by atoms with Crippen LogP contribution in [0.3, 0.4) is 0 Å². The Morgan fingerprint density at radius 3 is 1.37 bits per heavy atom. The zero-order chi connectivity index (χ0) is 52.6. The highest BCUT2D eigenvalue weighted by Crippen LogP contribution is 2.69. The second-order valence-corrected chi connectivity index (χ2v) is 26.5. The Morgan fingerprint density at radius 2 is 0.823 bits per heavy atom. The van der Waals surface area contributed by atoms with Gasteiger partial charge in [0.25, 0.3) is 0 Å². The van der Waals surface area contributed by atoms with Gasteiger partial charge in [0.15, 0.2) is 0 Å². The molecular weight excluding hydrogens is 993 g/mol. The monoisotopic (exact) mass is 1050 g/mol. The predicted molar refractivity (Wildman–Crippen MR) is 339 cm³/mol. The SMILES string of the molecule is CSC12CCCCC1(C)N(c1ccccc1)c1ccc(-c3ccc4c(c3)C3(c5cc(-c6ccc7c(c6)C6(SC)CCCCC6(C)N7c6ccccc6)ccc5-4)c4ccccc4-c4c3cc3ccc5cccc6ccc4c3c56)cc12. The van der Waals surface area contributed by atoms with Crippen molar-refractivity contribution in [2.45, 2.75) is 91.2 Å². The van der Waals surface area contributed by atoms with Gasteiger partial charge in [0.1, 0.15) is 0 Å². The Bertz CT molecular complexity index is 4180. The van der Waals surface area contributed by atoms with Crippen molar-refractivity contribution in [3.05, 3.63) is 240 Å². The van der Waals surface area contributed by atoms with E-state index in [2.05, 4.69) is 266 Å². The van der Waals surface area contributed by atoms with Gasteiger partial charge in [-0.1, -0.05) is 165 Å². The summed E-state index contributed by atoms with van der Waals surface area (Å²) in [6.45, 7) is 5.11. The van der Waals surface area contributed by atoms with Gasteiger partial charge in [0.05, 0.1) is 26.0 Å². The third-order valence-electron chi connectivity index (χ3n) is 21.1. The maximum Gasteiger partial charge on any atom is 0.0726 e. The maximum absolute atomic E-state index is 2.71. The molecule has 0 saturated heterocycles. The Labute approximate surface area is 473 Å². The first-order valence-electron chi connectivity index (χ1n) is 29.0. The zero-order valence-electron chi connectivity index (χ0n) is 45.5. The molecule has 6 aliphatic rings.